The molecule has 0 saturated carbocycles. The van der Waals surface area contributed by atoms with E-state index in [2.05, 4.69) is 98.5 Å². The fourth-order valence-corrected chi connectivity index (χ4v) is 4.49. The zero-order chi connectivity index (χ0) is 22.6. The molecule has 6 heteroatoms. The first-order chi connectivity index (χ1) is 16.2. The van der Waals surface area contributed by atoms with Crippen LogP contribution in [0.15, 0.2) is 67.1 Å². The monoisotopic (exact) mass is 442 g/mol. The minimum absolute atomic E-state index is 0. The number of hydrogen-bond donors (Lipinski definition) is 1. The van der Waals surface area contributed by atoms with E-state index in [4.69, 9.17) is 0 Å². The third-order valence-corrected chi connectivity index (χ3v) is 6.55. The van der Waals surface area contributed by atoms with E-state index in [0.717, 1.165) is 62.6 Å². The zero-order valence-electron chi connectivity index (χ0n) is 19.5. The highest BCUT2D eigenvalue weighted by molar-refractivity contribution is 5.88. The number of likely N-dealkylation sites (N-methyl/N-ethyl adjacent to an activating group) is 1. The van der Waals surface area contributed by atoms with Gasteiger partial charge in [-0.3, -0.25) is 0 Å². The molecule has 0 amide bonds. The smallest absolute Gasteiger partial charge is 0.128 e. The number of benzene rings is 1. The molecule has 0 radical (unpaired) electrons. The Hall–Kier alpha value is -3.38. The Morgan fingerprint density at radius 3 is 2.64 bits per heavy atom. The maximum Gasteiger partial charge on any atom is 0.128 e. The van der Waals surface area contributed by atoms with Gasteiger partial charge in [0.1, 0.15) is 11.6 Å². The fourth-order valence-electron chi connectivity index (χ4n) is 4.49. The normalized spacial score (nSPS) is 14.7. The van der Waals surface area contributed by atoms with Crippen LogP contribution in [0, 0.1) is 0 Å². The molecule has 172 valence electrons. The van der Waals surface area contributed by atoms with Crippen LogP contribution in [-0.4, -0.2) is 59.2 Å². The molecule has 6 nitrogen and oxygen atoms in total. The van der Waals surface area contributed by atoms with Crippen LogP contribution in [0.3, 0.4) is 0 Å². The second-order valence-corrected chi connectivity index (χ2v) is 8.98. The molecule has 4 aromatic rings. The standard InChI is InChI=1S/C27H32N6.H2/c1-31-13-15-33(16-14-31)27-17-21(9-11-29-27)5-3-10-28-26-19-24-18-22(7-8-23(24)20-30-26)25-6-4-12-32(25)2;/h4,6-9,11-12,17-20H,3,5,10,13-16H2,1-2H3,(H,28,30);1H. The average molecular weight is 443 g/mol. The van der Waals surface area contributed by atoms with Crippen molar-refractivity contribution in [3.63, 3.8) is 0 Å². The van der Waals surface area contributed by atoms with Gasteiger partial charge in [-0.25, -0.2) is 9.97 Å². The lowest BCUT2D eigenvalue weighted by Crippen LogP contribution is -2.44. The summed E-state index contributed by atoms with van der Waals surface area (Å²) in [4.78, 5) is 14.0. The molecular weight excluding hydrogens is 408 g/mol. The Balaban J connectivity index is 0.00000274. The molecule has 1 aliphatic rings. The number of piperazine rings is 1. The molecule has 0 atom stereocenters. The highest BCUT2D eigenvalue weighted by Crippen LogP contribution is 2.25. The van der Waals surface area contributed by atoms with Crippen LogP contribution in [-0.2, 0) is 13.5 Å². The predicted octanol–water partition coefficient (Wildman–Crippen LogP) is 4.68. The second kappa shape index (κ2) is 9.63. The zero-order valence-corrected chi connectivity index (χ0v) is 19.5. The van der Waals surface area contributed by atoms with Crippen LogP contribution in [0.4, 0.5) is 11.6 Å². The van der Waals surface area contributed by atoms with Gasteiger partial charge < -0.3 is 19.7 Å². The molecule has 1 N–H and O–H groups in total. The van der Waals surface area contributed by atoms with Crippen LogP contribution in [0.2, 0.25) is 0 Å². The first-order valence-corrected chi connectivity index (χ1v) is 11.8. The van der Waals surface area contributed by atoms with E-state index < -0.39 is 0 Å². The summed E-state index contributed by atoms with van der Waals surface area (Å²) in [7, 11) is 4.26. The van der Waals surface area contributed by atoms with E-state index >= 15 is 0 Å². The highest BCUT2D eigenvalue weighted by atomic mass is 15.3. The number of rotatable bonds is 7. The van der Waals surface area contributed by atoms with Gasteiger partial charge in [0, 0.05) is 70.9 Å². The molecule has 0 aliphatic carbocycles. The molecule has 33 heavy (non-hydrogen) atoms. The van der Waals surface area contributed by atoms with Crippen LogP contribution in [0.5, 0.6) is 0 Å². The Kier molecular flexibility index (Phi) is 6.26. The maximum atomic E-state index is 4.61. The molecule has 1 saturated heterocycles. The number of nitrogens with one attached hydrogen (secondary N) is 1. The van der Waals surface area contributed by atoms with Gasteiger partial charge >= 0.3 is 0 Å². The van der Waals surface area contributed by atoms with Crippen LogP contribution < -0.4 is 10.2 Å². The van der Waals surface area contributed by atoms with Crippen molar-refractivity contribution in [1.29, 1.82) is 0 Å². The van der Waals surface area contributed by atoms with E-state index in [9.17, 15) is 0 Å². The second-order valence-electron chi connectivity index (χ2n) is 8.98. The molecule has 5 rings (SSSR count). The lowest BCUT2D eigenvalue weighted by molar-refractivity contribution is 0.312. The molecule has 0 bridgehead atoms. The Morgan fingerprint density at radius 2 is 1.82 bits per heavy atom. The van der Waals surface area contributed by atoms with E-state index in [1.807, 2.05) is 12.4 Å². The summed E-state index contributed by atoms with van der Waals surface area (Å²) in [6, 6.07) is 17.3. The quantitative estimate of drug-likeness (QED) is 0.421. The lowest BCUT2D eigenvalue weighted by atomic mass is 10.1. The SMILES string of the molecule is CN1CCN(c2cc(CCCNc3cc4cc(-c5cccn5C)ccc4cn3)ccn2)CC1.[HH]. The van der Waals surface area contributed by atoms with E-state index in [-0.39, 0.29) is 1.43 Å². The first-order valence-electron chi connectivity index (χ1n) is 11.8. The van der Waals surface area contributed by atoms with Crippen molar-refractivity contribution < 1.29 is 1.43 Å². The van der Waals surface area contributed by atoms with Gasteiger partial charge in [-0.05, 0) is 72.8 Å². The van der Waals surface area contributed by atoms with Gasteiger partial charge in [-0.15, -0.1) is 0 Å². The number of aromatic nitrogens is 3. The summed E-state index contributed by atoms with van der Waals surface area (Å²) in [5, 5.41) is 5.87. The summed E-state index contributed by atoms with van der Waals surface area (Å²) < 4.78 is 2.15. The summed E-state index contributed by atoms with van der Waals surface area (Å²) in [5.41, 5.74) is 3.79. The molecule has 0 unspecified atom stereocenters. The topological polar surface area (TPSA) is 49.2 Å². The number of fused-ring (bicyclic) bond motifs is 1. The van der Waals surface area contributed by atoms with Crippen molar-refractivity contribution in [2.45, 2.75) is 12.8 Å². The van der Waals surface area contributed by atoms with E-state index in [1.165, 1.54) is 22.2 Å². The van der Waals surface area contributed by atoms with Gasteiger partial charge in [-0.2, -0.15) is 0 Å². The molecule has 1 fully saturated rings. The molecule has 1 aromatic carbocycles. The third kappa shape index (κ3) is 5.01. The molecule has 3 aromatic heterocycles. The van der Waals surface area contributed by atoms with Gasteiger partial charge in [0.05, 0.1) is 0 Å². The summed E-state index contributed by atoms with van der Waals surface area (Å²) in [5.74, 6) is 2.04. The lowest BCUT2D eigenvalue weighted by Gasteiger charge is -2.33. The Morgan fingerprint density at radius 1 is 0.939 bits per heavy atom. The van der Waals surface area contributed by atoms with Gasteiger partial charge in [0.25, 0.3) is 0 Å². The highest BCUT2D eigenvalue weighted by Gasteiger charge is 2.15. The summed E-state index contributed by atoms with van der Waals surface area (Å²) >= 11 is 0. The van der Waals surface area contributed by atoms with Crippen LogP contribution in [0.1, 0.15) is 13.4 Å². The fraction of sp³-hybridized carbons (Fsp3) is 0.333. The number of anilines is 2. The predicted molar refractivity (Wildman–Crippen MR) is 139 cm³/mol. The average Bonchev–Trinajstić information content (AvgIpc) is 3.28. The molecule has 1 aliphatic heterocycles. The first kappa shape index (κ1) is 21.5. The Bertz CT molecular complexity index is 1230. The largest absolute Gasteiger partial charge is 0.370 e. The van der Waals surface area contributed by atoms with Crippen LogP contribution >= 0.6 is 0 Å². The van der Waals surface area contributed by atoms with Crippen molar-refractivity contribution in [2.24, 2.45) is 7.05 Å². The van der Waals surface area contributed by atoms with Crippen molar-refractivity contribution >= 4 is 22.4 Å². The van der Waals surface area contributed by atoms with Crippen LogP contribution in [0.25, 0.3) is 22.0 Å². The molecule has 4 heterocycles. The minimum atomic E-state index is 0. The van der Waals surface area contributed by atoms with Gasteiger partial charge in [0.2, 0.25) is 0 Å². The summed E-state index contributed by atoms with van der Waals surface area (Å²) in [6.45, 7) is 5.19. The minimum Gasteiger partial charge on any atom is -0.370 e. The Labute approximate surface area is 197 Å². The molecular formula is C27H34N6. The van der Waals surface area contributed by atoms with Gasteiger partial charge in [-0.1, -0.05) is 12.1 Å². The van der Waals surface area contributed by atoms with Crippen molar-refractivity contribution in [1.82, 2.24) is 19.4 Å². The molecule has 0 spiro atoms. The third-order valence-electron chi connectivity index (χ3n) is 6.55. The number of pyridine rings is 2. The van der Waals surface area contributed by atoms with Crippen molar-refractivity contribution in [3.8, 4) is 11.3 Å². The van der Waals surface area contributed by atoms with E-state index in [1.54, 1.807) is 0 Å². The maximum absolute atomic E-state index is 4.61. The number of aryl methyl sites for hydroxylation is 2. The van der Waals surface area contributed by atoms with Crippen molar-refractivity contribution in [3.05, 3.63) is 72.7 Å². The number of nitrogens with zero attached hydrogens (tertiary/aromatic N) is 5. The van der Waals surface area contributed by atoms with Crippen molar-refractivity contribution in [2.75, 3.05) is 50.0 Å². The summed E-state index contributed by atoms with van der Waals surface area (Å²) in [6.07, 6.45) is 8.07. The number of hydrogen-bond acceptors (Lipinski definition) is 5. The van der Waals surface area contributed by atoms with E-state index in [0.29, 0.717) is 0 Å². The van der Waals surface area contributed by atoms with Gasteiger partial charge in [0.15, 0.2) is 0 Å².